The molecule has 1 amide bonds. The molecule has 20 heavy (non-hydrogen) atoms. The monoisotopic (exact) mass is 280 g/mol. The number of carbonyl (C=O) groups excluding carboxylic acids is 2. The quantitative estimate of drug-likeness (QED) is 0.719. The molecule has 2 rings (SSSR count). The molecule has 6 heteroatoms. The number of esters is 1. The zero-order chi connectivity index (χ0) is 14.9. The molecular formula is C14H20N2O4. The van der Waals surface area contributed by atoms with E-state index >= 15 is 0 Å². The van der Waals surface area contributed by atoms with E-state index in [0.29, 0.717) is 0 Å². The van der Waals surface area contributed by atoms with Gasteiger partial charge >= 0.3 is 12.1 Å². The summed E-state index contributed by atoms with van der Waals surface area (Å²) >= 11 is 0. The lowest BCUT2D eigenvalue weighted by molar-refractivity contribution is -0.151. The summed E-state index contributed by atoms with van der Waals surface area (Å²) in [6.45, 7) is 5.83. The van der Waals surface area contributed by atoms with Crippen molar-refractivity contribution in [3.8, 4) is 6.07 Å². The van der Waals surface area contributed by atoms with Crippen LogP contribution < -0.4 is 0 Å². The van der Waals surface area contributed by atoms with Gasteiger partial charge in [0, 0.05) is 6.54 Å². The zero-order valence-electron chi connectivity index (χ0n) is 12.1. The van der Waals surface area contributed by atoms with Crippen molar-refractivity contribution in [3.05, 3.63) is 0 Å². The molecule has 6 nitrogen and oxygen atoms in total. The maximum absolute atomic E-state index is 12.0. The molecule has 0 aromatic heterocycles. The Morgan fingerprint density at radius 2 is 1.90 bits per heavy atom. The van der Waals surface area contributed by atoms with Crippen molar-refractivity contribution in [2.45, 2.75) is 45.3 Å². The Morgan fingerprint density at radius 1 is 1.25 bits per heavy atom. The highest BCUT2D eigenvalue weighted by Crippen LogP contribution is 2.32. The summed E-state index contributed by atoms with van der Waals surface area (Å²) < 4.78 is 10.6. The second-order valence-corrected chi connectivity index (χ2v) is 6.37. The van der Waals surface area contributed by atoms with Gasteiger partial charge in [-0.05, 0) is 33.6 Å². The van der Waals surface area contributed by atoms with Crippen molar-refractivity contribution in [3.63, 3.8) is 0 Å². The van der Waals surface area contributed by atoms with E-state index in [1.165, 1.54) is 4.90 Å². The normalized spacial score (nSPS) is 26.0. The van der Waals surface area contributed by atoms with Crippen LogP contribution in [-0.4, -0.2) is 41.8 Å². The van der Waals surface area contributed by atoms with Crippen LogP contribution in [0.1, 0.15) is 33.6 Å². The van der Waals surface area contributed by atoms with E-state index in [9.17, 15) is 9.59 Å². The van der Waals surface area contributed by atoms with Gasteiger partial charge < -0.3 is 14.4 Å². The summed E-state index contributed by atoms with van der Waals surface area (Å²) in [4.78, 5) is 25.1. The Bertz CT molecular complexity index is 445. The van der Waals surface area contributed by atoms with Gasteiger partial charge in [-0.15, -0.1) is 0 Å². The highest BCUT2D eigenvalue weighted by molar-refractivity contribution is 5.75. The molecule has 1 heterocycles. The second kappa shape index (κ2) is 5.31. The molecule has 0 radical (unpaired) electrons. The molecule has 2 aliphatic rings. The lowest BCUT2D eigenvalue weighted by atomic mass is 10.1. The van der Waals surface area contributed by atoms with Crippen molar-refractivity contribution in [1.82, 2.24) is 4.90 Å². The van der Waals surface area contributed by atoms with E-state index in [1.54, 1.807) is 20.8 Å². The molecule has 0 aromatic rings. The maximum atomic E-state index is 12.0. The van der Waals surface area contributed by atoms with Crippen molar-refractivity contribution < 1.29 is 19.1 Å². The smallest absolute Gasteiger partial charge is 0.410 e. The van der Waals surface area contributed by atoms with Gasteiger partial charge in [0.15, 0.2) is 0 Å². The van der Waals surface area contributed by atoms with Gasteiger partial charge in [0.2, 0.25) is 0 Å². The third kappa shape index (κ3) is 3.62. The van der Waals surface area contributed by atoms with Crippen molar-refractivity contribution in [1.29, 1.82) is 5.26 Å². The summed E-state index contributed by atoms with van der Waals surface area (Å²) in [6, 6.07) is 2.10. The molecule has 0 spiro atoms. The first-order valence-electron chi connectivity index (χ1n) is 6.88. The molecule has 1 saturated carbocycles. The zero-order valence-corrected chi connectivity index (χ0v) is 12.1. The Kier molecular flexibility index (Phi) is 3.89. The Balaban J connectivity index is 1.93. The summed E-state index contributed by atoms with van der Waals surface area (Å²) in [6.07, 6.45) is 0.709. The van der Waals surface area contributed by atoms with E-state index in [2.05, 4.69) is 6.07 Å². The van der Waals surface area contributed by atoms with E-state index in [4.69, 9.17) is 14.7 Å². The molecule has 0 aromatic carbocycles. The number of carbonyl (C=O) groups is 2. The van der Waals surface area contributed by atoms with Crippen LogP contribution in [0.4, 0.5) is 4.79 Å². The fraction of sp³-hybridized carbons (Fsp3) is 0.786. The Hall–Kier alpha value is -1.77. The maximum Gasteiger partial charge on any atom is 0.410 e. The Morgan fingerprint density at radius 3 is 2.40 bits per heavy atom. The molecule has 110 valence electrons. The van der Waals surface area contributed by atoms with Crippen LogP contribution in [0.5, 0.6) is 0 Å². The average molecular weight is 280 g/mol. The van der Waals surface area contributed by atoms with E-state index in [0.717, 1.165) is 12.8 Å². The first-order valence-corrected chi connectivity index (χ1v) is 6.88. The second-order valence-electron chi connectivity index (χ2n) is 6.37. The number of amides is 1. The van der Waals surface area contributed by atoms with Gasteiger partial charge in [0.25, 0.3) is 0 Å². The lowest BCUT2D eigenvalue weighted by Crippen LogP contribution is -2.36. The molecule has 1 aliphatic heterocycles. The first kappa shape index (κ1) is 14.6. The van der Waals surface area contributed by atoms with Crippen LogP contribution in [0.15, 0.2) is 0 Å². The van der Waals surface area contributed by atoms with Gasteiger partial charge in [-0.1, -0.05) is 0 Å². The van der Waals surface area contributed by atoms with Crippen molar-refractivity contribution in [2.24, 2.45) is 11.8 Å². The molecule has 2 atom stereocenters. The predicted molar refractivity (Wildman–Crippen MR) is 69.5 cm³/mol. The van der Waals surface area contributed by atoms with E-state index < -0.39 is 23.7 Å². The number of nitrogens with zero attached hydrogens (tertiary/aromatic N) is 2. The number of hydrogen-bond acceptors (Lipinski definition) is 5. The standard InChI is InChI=1S/C14H20N2O4/c1-14(2,3)20-13(18)16-7-10(6-15)11(8-16)19-12(17)9-4-5-9/h9-11H,4-5,7-8H2,1-3H3. The van der Waals surface area contributed by atoms with Crippen LogP contribution in [0.25, 0.3) is 0 Å². The van der Waals surface area contributed by atoms with Crippen LogP contribution in [0.2, 0.25) is 0 Å². The minimum absolute atomic E-state index is 0.00933. The minimum Gasteiger partial charge on any atom is -0.459 e. The fourth-order valence-corrected chi connectivity index (χ4v) is 2.06. The van der Waals surface area contributed by atoms with Crippen molar-refractivity contribution >= 4 is 12.1 Å². The molecule has 2 unspecified atom stereocenters. The third-order valence-electron chi connectivity index (χ3n) is 3.26. The van der Waals surface area contributed by atoms with Gasteiger partial charge in [0.05, 0.1) is 18.5 Å². The first-order chi connectivity index (χ1) is 9.30. The van der Waals surface area contributed by atoms with Gasteiger partial charge in [0.1, 0.15) is 17.6 Å². The number of likely N-dealkylation sites (tertiary alicyclic amines) is 1. The SMILES string of the molecule is CC(C)(C)OC(=O)N1CC(C#N)C(OC(=O)C2CC2)C1. The van der Waals surface area contributed by atoms with E-state index in [1.807, 2.05) is 0 Å². The summed E-state index contributed by atoms with van der Waals surface area (Å²) in [5.74, 6) is -0.739. The van der Waals surface area contributed by atoms with Crippen LogP contribution in [0.3, 0.4) is 0 Å². The summed E-state index contributed by atoms with van der Waals surface area (Å²) in [7, 11) is 0. The fourth-order valence-electron chi connectivity index (χ4n) is 2.06. The Labute approximate surface area is 118 Å². The average Bonchev–Trinajstić information content (AvgIpc) is 3.09. The topological polar surface area (TPSA) is 79.6 Å². The van der Waals surface area contributed by atoms with Crippen LogP contribution >= 0.6 is 0 Å². The summed E-state index contributed by atoms with van der Waals surface area (Å²) in [5.41, 5.74) is -0.581. The van der Waals surface area contributed by atoms with Crippen LogP contribution in [-0.2, 0) is 14.3 Å². The van der Waals surface area contributed by atoms with Gasteiger partial charge in [-0.3, -0.25) is 4.79 Å². The van der Waals surface area contributed by atoms with Crippen molar-refractivity contribution in [2.75, 3.05) is 13.1 Å². The minimum atomic E-state index is -0.581. The molecule has 0 N–H and O–H groups in total. The van der Waals surface area contributed by atoms with Gasteiger partial charge in [-0.2, -0.15) is 5.26 Å². The summed E-state index contributed by atoms with van der Waals surface area (Å²) in [5, 5.41) is 9.12. The predicted octanol–water partition coefficient (Wildman–Crippen LogP) is 1.70. The molecule has 2 fully saturated rings. The lowest BCUT2D eigenvalue weighted by Gasteiger charge is -2.24. The largest absolute Gasteiger partial charge is 0.459 e. The highest BCUT2D eigenvalue weighted by Gasteiger charge is 2.42. The number of hydrogen-bond donors (Lipinski definition) is 0. The number of ether oxygens (including phenoxy) is 2. The molecule has 1 saturated heterocycles. The third-order valence-corrected chi connectivity index (χ3v) is 3.26. The molecular weight excluding hydrogens is 260 g/mol. The molecule has 0 bridgehead atoms. The van der Waals surface area contributed by atoms with Crippen LogP contribution in [0, 0.1) is 23.2 Å². The van der Waals surface area contributed by atoms with E-state index in [-0.39, 0.29) is 25.0 Å². The highest BCUT2D eigenvalue weighted by atomic mass is 16.6. The number of rotatable bonds is 2. The molecule has 1 aliphatic carbocycles. The van der Waals surface area contributed by atoms with Gasteiger partial charge in [-0.25, -0.2) is 4.79 Å². The number of nitriles is 1.